The van der Waals surface area contributed by atoms with Gasteiger partial charge in [0, 0.05) is 12.1 Å². The molecule has 4 nitrogen and oxygen atoms in total. The topological polar surface area (TPSA) is 53.1 Å². The molecule has 0 aromatic carbocycles. The van der Waals surface area contributed by atoms with Gasteiger partial charge in [0.2, 0.25) is 0 Å². The molecule has 0 N–H and O–H groups in total. The molecular weight excluding hydrogens is 190 g/mol. The fraction of sp³-hybridized carbons (Fsp3) is 0.636. The van der Waals surface area contributed by atoms with Crippen molar-refractivity contribution in [2.24, 2.45) is 0 Å². The summed E-state index contributed by atoms with van der Waals surface area (Å²) in [6, 6.07) is 4.87. The van der Waals surface area contributed by atoms with Gasteiger partial charge in [-0.25, -0.2) is 0 Å². The van der Waals surface area contributed by atoms with E-state index in [2.05, 4.69) is 23.2 Å². The zero-order valence-corrected chi connectivity index (χ0v) is 9.10. The zero-order chi connectivity index (χ0) is 10.8. The molecule has 0 aliphatic carbocycles. The molecule has 0 bridgehead atoms. The van der Waals surface area contributed by atoms with Crippen LogP contribution in [0.3, 0.4) is 0 Å². The minimum Gasteiger partial charge on any atom is -0.359 e. The quantitative estimate of drug-likeness (QED) is 0.741. The first-order valence-corrected chi connectivity index (χ1v) is 5.24. The normalized spacial score (nSPS) is 26.7. The Hall–Kier alpha value is -1.34. The summed E-state index contributed by atoms with van der Waals surface area (Å²) in [5.41, 5.74) is 0.919. The van der Waals surface area contributed by atoms with Crippen LogP contribution in [0.25, 0.3) is 0 Å². The van der Waals surface area contributed by atoms with Crippen molar-refractivity contribution in [3.8, 4) is 6.07 Å². The molecule has 1 saturated heterocycles. The lowest BCUT2D eigenvalue weighted by molar-refractivity contribution is 0.207. The Bertz CT molecular complexity index is 379. The standard InChI is InChI=1S/C11H15N3O/c1-8-7-11(15-13-8)10-4-3-9(5-6-12)14(10)2/h7,9-10H,3-5H2,1-2H3. The number of aromatic nitrogens is 1. The Morgan fingerprint density at radius 1 is 1.67 bits per heavy atom. The summed E-state index contributed by atoms with van der Waals surface area (Å²) in [5, 5.41) is 12.6. The van der Waals surface area contributed by atoms with E-state index in [4.69, 9.17) is 9.78 Å². The van der Waals surface area contributed by atoms with Crippen molar-refractivity contribution in [2.75, 3.05) is 7.05 Å². The first-order chi connectivity index (χ1) is 7.22. The smallest absolute Gasteiger partial charge is 0.154 e. The van der Waals surface area contributed by atoms with Gasteiger partial charge in [-0.3, -0.25) is 4.90 Å². The van der Waals surface area contributed by atoms with E-state index in [1.54, 1.807) is 0 Å². The van der Waals surface area contributed by atoms with Crippen molar-refractivity contribution in [1.82, 2.24) is 10.1 Å². The Labute approximate surface area is 89.5 Å². The average molecular weight is 205 g/mol. The van der Waals surface area contributed by atoms with Gasteiger partial charge in [-0.1, -0.05) is 5.16 Å². The van der Waals surface area contributed by atoms with Gasteiger partial charge in [0.15, 0.2) is 5.76 Å². The van der Waals surface area contributed by atoms with E-state index in [-0.39, 0.29) is 0 Å². The molecule has 2 atom stereocenters. The van der Waals surface area contributed by atoms with Crippen LogP contribution < -0.4 is 0 Å². The highest BCUT2D eigenvalue weighted by Crippen LogP contribution is 2.35. The fourth-order valence-corrected chi connectivity index (χ4v) is 2.25. The number of hydrogen-bond donors (Lipinski definition) is 0. The van der Waals surface area contributed by atoms with E-state index in [0.717, 1.165) is 24.3 Å². The van der Waals surface area contributed by atoms with E-state index >= 15 is 0 Å². The lowest BCUT2D eigenvalue weighted by atomic mass is 10.1. The monoisotopic (exact) mass is 205 g/mol. The minimum atomic E-state index is 0.296. The Balaban J connectivity index is 2.10. The largest absolute Gasteiger partial charge is 0.359 e. The molecule has 1 aromatic heterocycles. The lowest BCUT2D eigenvalue weighted by Crippen LogP contribution is -2.26. The number of likely N-dealkylation sites (tertiary alicyclic amines) is 1. The molecule has 1 aromatic rings. The van der Waals surface area contributed by atoms with Crippen molar-refractivity contribution in [1.29, 1.82) is 5.26 Å². The van der Waals surface area contributed by atoms with Gasteiger partial charge in [-0.15, -0.1) is 0 Å². The third-order valence-electron chi connectivity index (χ3n) is 3.14. The summed E-state index contributed by atoms with van der Waals surface area (Å²) in [6.45, 7) is 1.93. The number of hydrogen-bond acceptors (Lipinski definition) is 4. The van der Waals surface area contributed by atoms with Gasteiger partial charge < -0.3 is 4.52 Å². The van der Waals surface area contributed by atoms with Gasteiger partial charge in [-0.05, 0) is 26.8 Å². The van der Waals surface area contributed by atoms with Crippen LogP contribution in [0.5, 0.6) is 0 Å². The zero-order valence-electron chi connectivity index (χ0n) is 9.10. The predicted molar refractivity (Wildman–Crippen MR) is 55.0 cm³/mol. The summed E-state index contributed by atoms with van der Waals surface area (Å²) in [7, 11) is 2.05. The molecule has 0 radical (unpaired) electrons. The first-order valence-electron chi connectivity index (χ1n) is 5.24. The van der Waals surface area contributed by atoms with Crippen molar-refractivity contribution >= 4 is 0 Å². The van der Waals surface area contributed by atoms with Crippen molar-refractivity contribution in [3.63, 3.8) is 0 Å². The maximum Gasteiger partial charge on any atom is 0.154 e. The molecule has 1 fully saturated rings. The van der Waals surface area contributed by atoms with E-state index in [1.807, 2.05) is 13.0 Å². The number of nitriles is 1. The van der Waals surface area contributed by atoms with Gasteiger partial charge in [0.1, 0.15) is 0 Å². The third-order valence-corrected chi connectivity index (χ3v) is 3.14. The van der Waals surface area contributed by atoms with Gasteiger partial charge in [-0.2, -0.15) is 5.26 Å². The van der Waals surface area contributed by atoms with Crippen LogP contribution in [0.1, 0.15) is 36.8 Å². The van der Waals surface area contributed by atoms with E-state index in [9.17, 15) is 0 Å². The summed E-state index contributed by atoms with van der Waals surface area (Å²) in [6.07, 6.45) is 2.71. The Kier molecular flexibility index (Phi) is 2.74. The Morgan fingerprint density at radius 3 is 3.07 bits per heavy atom. The van der Waals surface area contributed by atoms with Crippen LogP contribution in [0, 0.1) is 18.3 Å². The highest BCUT2D eigenvalue weighted by atomic mass is 16.5. The molecule has 15 heavy (non-hydrogen) atoms. The fourth-order valence-electron chi connectivity index (χ4n) is 2.25. The highest BCUT2D eigenvalue weighted by Gasteiger charge is 2.33. The van der Waals surface area contributed by atoms with Crippen molar-refractivity contribution in [3.05, 3.63) is 17.5 Å². The van der Waals surface area contributed by atoms with Crippen molar-refractivity contribution in [2.45, 2.75) is 38.3 Å². The number of rotatable bonds is 2. The van der Waals surface area contributed by atoms with Crippen LogP contribution in [-0.2, 0) is 0 Å². The summed E-state index contributed by atoms with van der Waals surface area (Å²) >= 11 is 0. The molecule has 2 unspecified atom stereocenters. The molecule has 1 aliphatic rings. The first kappa shape index (κ1) is 10.2. The van der Waals surface area contributed by atoms with Crippen LogP contribution in [-0.4, -0.2) is 23.1 Å². The maximum atomic E-state index is 8.69. The number of nitrogens with zero attached hydrogens (tertiary/aromatic N) is 3. The van der Waals surface area contributed by atoms with Crippen molar-refractivity contribution < 1.29 is 4.52 Å². The molecule has 1 aliphatic heterocycles. The second-order valence-electron chi connectivity index (χ2n) is 4.15. The summed E-state index contributed by atoms with van der Waals surface area (Å²) < 4.78 is 5.27. The van der Waals surface area contributed by atoms with Crippen LogP contribution in [0.15, 0.2) is 10.6 Å². The minimum absolute atomic E-state index is 0.296. The summed E-state index contributed by atoms with van der Waals surface area (Å²) in [5.74, 6) is 0.926. The molecule has 0 spiro atoms. The second kappa shape index (κ2) is 4.03. The SMILES string of the molecule is Cc1cc(C2CCC(CC#N)N2C)on1. The van der Waals surface area contributed by atoms with Gasteiger partial charge >= 0.3 is 0 Å². The summed E-state index contributed by atoms with van der Waals surface area (Å²) in [4.78, 5) is 2.23. The van der Waals surface area contributed by atoms with Gasteiger partial charge in [0.25, 0.3) is 0 Å². The molecule has 2 heterocycles. The van der Waals surface area contributed by atoms with Crippen LogP contribution in [0.4, 0.5) is 0 Å². The molecule has 4 heteroatoms. The second-order valence-corrected chi connectivity index (χ2v) is 4.15. The highest BCUT2D eigenvalue weighted by molar-refractivity contribution is 5.10. The number of aryl methyl sites for hydroxylation is 1. The molecule has 80 valence electrons. The predicted octanol–water partition coefficient (Wildman–Crippen LogP) is 2.03. The maximum absolute atomic E-state index is 8.69. The van der Waals surface area contributed by atoms with E-state index in [0.29, 0.717) is 18.5 Å². The Morgan fingerprint density at radius 2 is 2.47 bits per heavy atom. The van der Waals surface area contributed by atoms with Crippen LogP contribution in [0.2, 0.25) is 0 Å². The lowest BCUT2D eigenvalue weighted by Gasteiger charge is -2.21. The molecular formula is C11H15N3O. The average Bonchev–Trinajstić information content (AvgIpc) is 2.76. The third kappa shape index (κ3) is 1.88. The molecule has 0 amide bonds. The van der Waals surface area contributed by atoms with E-state index < -0.39 is 0 Å². The van der Waals surface area contributed by atoms with Crippen LogP contribution >= 0.6 is 0 Å². The molecule has 2 rings (SSSR count). The van der Waals surface area contributed by atoms with E-state index in [1.165, 1.54) is 0 Å². The van der Waals surface area contributed by atoms with Gasteiger partial charge in [0.05, 0.1) is 24.2 Å². The molecule has 0 saturated carbocycles.